The molecule has 0 saturated carbocycles. The van der Waals surface area contributed by atoms with Gasteiger partial charge < -0.3 is 0 Å². The summed E-state index contributed by atoms with van der Waals surface area (Å²) < 4.78 is 21.4. The van der Waals surface area contributed by atoms with E-state index in [1.807, 2.05) is 0 Å². The van der Waals surface area contributed by atoms with Gasteiger partial charge in [0.05, 0.1) is 11.2 Å². The third-order valence-corrected chi connectivity index (χ3v) is 2.99. The van der Waals surface area contributed by atoms with Crippen LogP contribution in [0.4, 0.5) is 0 Å². The van der Waals surface area contributed by atoms with E-state index in [1.165, 1.54) is 16.8 Å². The molecule has 1 rings (SSSR count). The first-order valence-corrected chi connectivity index (χ1v) is 6.23. The zero-order valence-electron chi connectivity index (χ0n) is 5.12. The Balaban J connectivity index is 2.89. The molecule has 0 radical (unpaired) electrons. The van der Waals surface area contributed by atoms with E-state index in [4.69, 9.17) is 22.3 Å². The summed E-state index contributed by atoms with van der Waals surface area (Å²) in [6.45, 7) is 0. The van der Waals surface area contributed by atoms with Crippen LogP contribution in [0.1, 0.15) is 5.69 Å². The lowest BCUT2D eigenvalue weighted by Gasteiger charge is -1.90. The summed E-state index contributed by atoms with van der Waals surface area (Å²) in [5, 5.41) is 0. The number of hydrogen-bond acceptors (Lipinski definition) is 4. The molecular weight excluding hydrogens is 229 g/mol. The number of thiazole rings is 1. The molecule has 1 heterocycles. The molecule has 3 nitrogen and oxygen atoms in total. The molecule has 62 valence electrons. The van der Waals surface area contributed by atoms with Crippen LogP contribution >= 0.6 is 33.6 Å². The van der Waals surface area contributed by atoms with Crippen LogP contribution in [-0.2, 0) is 14.8 Å². The Morgan fingerprint density at radius 1 is 1.64 bits per heavy atom. The van der Waals surface area contributed by atoms with Crippen molar-refractivity contribution in [3.8, 4) is 0 Å². The summed E-state index contributed by atoms with van der Waals surface area (Å²) in [4.78, 5) is 3.72. The molecule has 0 bridgehead atoms. The lowest BCUT2D eigenvalue weighted by Crippen LogP contribution is -1.95. The molecule has 1 aromatic rings. The first kappa shape index (κ1) is 9.25. The minimum absolute atomic E-state index is 0.309. The van der Waals surface area contributed by atoms with Gasteiger partial charge in [0.25, 0.3) is 0 Å². The number of aromatic nitrogens is 1. The second kappa shape index (κ2) is 3.26. The van der Waals surface area contributed by atoms with Crippen LogP contribution in [0.15, 0.2) is 5.51 Å². The van der Waals surface area contributed by atoms with Crippen LogP contribution in [0.5, 0.6) is 0 Å². The van der Waals surface area contributed by atoms with Crippen molar-refractivity contribution in [3.05, 3.63) is 15.5 Å². The smallest absolute Gasteiger partial charge is 0.238 e. The van der Waals surface area contributed by atoms with E-state index < -0.39 is 9.05 Å². The molecule has 0 spiro atoms. The van der Waals surface area contributed by atoms with Crippen molar-refractivity contribution >= 4 is 42.7 Å². The average molecular weight is 232 g/mol. The Hall–Kier alpha value is 0.160. The molecule has 0 unspecified atom stereocenters. The summed E-state index contributed by atoms with van der Waals surface area (Å²) in [5.74, 6) is -0.309. The van der Waals surface area contributed by atoms with Crippen LogP contribution in [0, 0.1) is 0 Å². The number of rotatable bonds is 2. The fourth-order valence-electron chi connectivity index (χ4n) is 0.512. The first-order chi connectivity index (χ1) is 4.99. The van der Waals surface area contributed by atoms with Crippen molar-refractivity contribution in [2.45, 2.75) is 5.75 Å². The highest BCUT2D eigenvalue weighted by Gasteiger charge is 2.12. The van der Waals surface area contributed by atoms with Gasteiger partial charge in [0.1, 0.15) is 10.1 Å². The number of hydrogen-bond donors (Lipinski definition) is 0. The van der Waals surface area contributed by atoms with Crippen LogP contribution in [0.25, 0.3) is 0 Å². The van der Waals surface area contributed by atoms with Crippen LogP contribution in [-0.4, -0.2) is 13.4 Å². The summed E-state index contributed by atoms with van der Waals surface area (Å²) in [6.07, 6.45) is 0. The molecule has 0 atom stereocenters. The molecule has 0 amide bonds. The minimum atomic E-state index is -3.54. The lowest BCUT2D eigenvalue weighted by molar-refractivity contribution is 0.608. The standard InChI is InChI=1S/C4H3Cl2NO2S2/c5-4-3(7-2-10-4)1-11(6,8)9/h2H,1H2. The van der Waals surface area contributed by atoms with Crippen LogP contribution in [0.2, 0.25) is 4.34 Å². The summed E-state index contributed by atoms with van der Waals surface area (Å²) >= 11 is 6.76. The highest BCUT2D eigenvalue weighted by atomic mass is 35.7. The van der Waals surface area contributed by atoms with E-state index in [1.54, 1.807) is 0 Å². The highest BCUT2D eigenvalue weighted by molar-refractivity contribution is 8.13. The van der Waals surface area contributed by atoms with Gasteiger partial charge in [-0.1, -0.05) is 11.6 Å². The van der Waals surface area contributed by atoms with E-state index >= 15 is 0 Å². The molecule has 0 aliphatic heterocycles. The summed E-state index contributed by atoms with van der Waals surface area (Å²) in [5.41, 5.74) is 1.78. The van der Waals surface area contributed by atoms with Gasteiger partial charge in [-0.15, -0.1) is 11.3 Å². The normalized spacial score (nSPS) is 11.8. The van der Waals surface area contributed by atoms with Crippen LogP contribution in [0.3, 0.4) is 0 Å². The highest BCUT2D eigenvalue weighted by Crippen LogP contribution is 2.22. The SMILES string of the molecule is O=S(=O)(Cl)Cc1ncsc1Cl. The fraction of sp³-hybridized carbons (Fsp3) is 0.250. The third-order valence-electron chi connectivity index (χ3n) is 0.901. The van der Waals surface area contributed by atoms with Gasteiger partial charge in [0.15, 0.2) is 0 Å². The Kier molecular flexibility index (Phi) is 2.74. The van der Waals surface area contributed by atoms with Gasteiger partial charge in [-0.2, -0.15) is 0 Å². The second-order valence-corrected chi connectivity index (χ2v) is 5.99. The predicted octanol–water partition coefficient (Wildman–Crippen LogP) is 1.87. The van der Waals surface area contributed by atoms with Gasteiger partial charge in [-0.05, 0) is 0 Å². The zero-order chi connectivity index (χ0) is 8.48. The maximum atomic E-state index is 10.5. The molecule has 0 N–H and O–H groups in total. The Morgan fingerprint density at radius 3 is 2.64 bits per heavy atom. The predicted molar refractivity (Wildman–Crippen MR) is 45.6 cm³/mol. The van der Waals surface area contributed by atoms with E-state index in [9.17, 15) is 8.42 Å². The Bertz CT molecular complexity index is 345. The van der Waals surface area contributed by atoms with E-state index in [-0.39, 0.29) is 5.75 Å². The molecule has 0 saturated heterocycles. The number of nitrogens with zero attached hydrogens (tertiary/aromatic N) is 1. The summed E-state index contributed by atoms with van der Waals surface area (Å²) in [6, 6.07) is 0. The van der Waals surface area contributed by atoms with Gasteiger partial charge in [-0.25, -0.2) is 13.4 Å². The van der Waals surface area contributed by atoms with Gasteiger partial charge in [0, 0.05) is 10.7 Å². The van der Waals surface area contributed by atoms with E-state index in [0.29, 0.717) is 10.0 Å². The van der Waals surface area contributed by atoms with Crippen molar-refractivity contribution in [1.82, 2.24) is 4.98 Å². The summed E-state index contributed by atoms with van der Waals surface area (Å²) in [7, 11) is 1.44. The maximum absolute atomic E-state index is 10.5. The molecule has 0 fully saturated rings. The van der Waals surface area contributed by atoms with Crippen molar-refractivity contribution in [2.75, 3.05) is 0 Å². The molecular formula is C4H3Cl2NO2S2. The van der Waals surface area contributed by atoms with Crippen molar-refractivity contribution < 1.29 is 8.42 Å². The third kappa shape index (κ3) is 2.94. The first-order valence-electron chi connectivity index (χ1n) is 2.49. The molecule has 0 aliphatic carbocycles. The Labute approximate surface area is 77.4 Å². The van der Waals surface area contributed by atoms with E-state index in [2.05, 4.69) is 4.98 Å². The van der Waals surface area contributed by atoms with Crippen LogP contribution < -0.4 is 0 Å². The fourth-order valence-corrected chi connectivity index (χ4v) is 2.31. The topological polar surface area (TPSA) is 47.0 Å². The molecule has 0 aromatic carbocycles. The molecule has 11 heavy (non-hydrogen) atoms. The van der Waals surface area contributed by atoms with Crippen molar-refractivity contribution in [1.29, 1.82) is 0 Å². The van der Waals surface area contributed by atoms with Crippen molar-refractivity contribution in [2.24, 2.45) is 0 Å². The zero-order valence-corrected chi connectivity index (χ0v) is 8.27. The average Bonchev–Trinajstić information content (AvgIpc) is 2.12. The van der Waals surface area contributed by atoms with Gasteiger partial charge >= 0.3 is 0 Å². The second-order valence-electron chi connectivity index (χ2n) is 1.76. The minimum Gasteiger partial charge on any atom is -0.247 e. The van der Waals surface area contributed by atoms with E-state index in [0.717, 1.165) is 0 Å². The molecule has 1 aromatic heterocycles. The monoisotopic (exact) mass is 231 g/mol. The maximum Gasteiger partial charge on any atom is 0.238 e. The van der Waals surface area contributed by atoms with Gasteiger partial charge in [0.2, 0.25) is 9.05 Å². The lowest BCUT2D eigenvalue weighted by atomic mass is 10.6. The van der Waals surface area contributed by atoms with Gasteiger partial charge in [-0.3, -0.25) is 0 Å². The molecule has 0 aliphatic rings. The van der Waals surface area contributed by atoms with Crippen molar-refractivity contribution in [3.63, 3.8) is 0 Å². The molecule has 7 heteroatoms. The Morgan fingerprint density at radius 2 is 2.27 bits per heavy atom. The quantitative estimate of drug-likeness (QED) is 0.731. The number of halogens is 2. The largest absolute Gasteiger partial charge is 0.247 e.